The summed E-state index contributed by atoms with van der Waals surface area (Å²) in [7, 11) is 1.37. The van der Waals surface area contributed by atoms with Gasteiger partial charge in [0, 0.05) is 31.6 Å². The molecule has 1 aliphatic heterocycles. The highest BCUT2D eigenvalue weighted by Crippen LogP contribution is 2.38. The normalized spacial score (nSPS) is 17.1. The van der Waals surface area contributed by atoms with Crippen molar-refractivity contribution in [3.05, 3.63) is 54.1 Å². The minimum Gasteiger partial charge on any atom is -0.465 e. The van der Waals surface area contributed by atoms with E-state index in [0.29, 0.717) is 25.1 Å². The molecule has 1 unspecified atom stereocenters. The van der Waals surface area contributed by atoms with Gasteiger partial charge in [0.15, 0.2) is 0 Å². The van der Waals surface area contributed by atoms with Gasteiger partial charge in [-0.25, -0.2) is 9.78 Å². The molecule has 0 radical (unpaired) electrons. The number of para-hydroxylation sites is 2. The zero-order valence-electron chi connectivity index (χ0n) is 22.0. The smallest absolute Gasteiger partial charge is 0.337 e. The summed E-state index contributed by atoms with van der Waals surface area (Å²) in [6.07, 6.45) is 7.70. The molecule has 2 aromatic carbocycles. The van der Waals surface area contributed by atoms with Gasteiger partial charge >= 0.3 is 5.97 Å². The Morgan fingerprint density at radius 3 is 2.53 bits per heavy atom. The average Bonchev–Trinajstić information content (AvgIpc) is 3.55. The van der Waals surface area contributed by atoms with E-state index in [1.54, 1.807) is 12.1 Å². The number of methoxy groups -OCH3 is 1. The van der Waals surface area contributed by atoms with Crippen LogP contribution in [0.3, 0.4) is 0 Å². The number of carbonyl (C=O) groups is 3. The number of rotatable bonds is 9. The van der Waals surface area contributed by atoms with Crippen molar-refractivity contribution in [2.45, 2.75) is 57.4 Å². The molecule has 1 N–H and O–H groups in total. The highest BCUT2D eigenvalue weighted by Gasteiger charge is 2.34. The Morgan fingerprint density at radius 1 is 1.05 bits per heavy atom. The minimum atomic E-state index is -0.397. The maximum absolute atomic E-state index is 13.9. The first-order valence-corrected chi connectivity index (χ1v) is 13.8. The molecule has 3 aromatic rings. The molecule has 1 aromatic heterocycles. The van der Waals surface area contributed by atoms with E-state index < -0.39 is 6.04 Å². The van der Waals surface area contributed by atoms with Crippen LogP contribution in [0.2, 0.25) is 0 Å². The molecule has 1 atom stereocenters. The molecule has 5 rings (SSSR count). The third-order valence-electron chi connectivity index (χ3n) is 7.88. The van der Waals surface area contributed by atoms with E-state index >= 15 is 0 Å². The first-order valence-electron chi connectivity index (χ1n) is 13.8. The van der Waals surface area contributed by atoms with Crippen molar-refractivity contribution in [2.75, 3.05) is 26.7 Å². The van der Waals surface area contributed by atoms with Crippen molar-refractivity contribution in [3.63, 3.8) is 0 Å². The van der Waals surface area contributed by atoms with E-state index in [2.05, 4.69) is 9.88 Å². The van der Waals surface area contributed by atoms with Crippen molar-refractivity contribution < 1.29 is 19.1 Å². The van der Waals surface area contributed by atoms with Crippen LogP contribution in [0.4, 0.5) is 0 Å². The summed E-state index contributed by atoms with van der Waals surface area (Å²) in [6, 6.07) is 14.7. The fourth-order valence-electron chi connectivity index (χ4n) is 5.92. The van der Waals surface area contributed by atoms with Crippen molar-refractivity contribution in [1.29, 1.82) is 0 Å². The van der Waals surface area contributed by atoms with E-state index in [0.717, 1.165) is 67.5 Å². The molecule has 8 heteroatoms. The van der Waals surface area contributed by atoms with Crippen LogP contribution in [0.25, 0.3) is 22.4 Å². The van der Waals surface area contributed by atoms with Gasteiger partial charge in [0.25, 0.3) is 0 Å². The van der Waals surface area contributed by atoms with Crippen LogP contribution < -0.4 is 5.32 Å². The standard InChI is InChI=1S/C30H36N4O4/c1-38-30(37)23-16-14-22(15-17-23)28-32-24-11-5-6-12-25(24)34(28)27(21-9-3-2-4-10-21)29(36)31-18-8-20-33-19-7-13-26(33)35/h5-6,11-12,14-17,21,27H,2-4,7-10,13,18-20H2,1H3,(H,31,36). The Labute approximate surface area is 223 Å². The van der Waals surface area contributed by atoms with Gasteiger partial charge in [0.05, 0.1) is 23.7 Å². The van der Waals surface area contributed by atoms with Gasteiger partial charge in [0.1, 0.15) is 11.9 Å². The predicted molar refractivity (Wildman–Crippen MR) is 146 cm³/mol. The molecular weight excluding hydrogens is 480 g/mol. The Kier molecular flexibility index (Phi) is 8.05. The molecule has 1 saturated carbocycles. The summed E-state index contributed by atoms with van der Waals surface area (Å²) >= 11 is 0. The van der Waals surface area contributed by atoms with Gasteiger partial charge in [-0.1, -0.05) is 43.5 Å². The summed E-state index contributed by atoms with van der Waals surface area (Å²) in [5.74, 6) is 0.746. The van der Waals surface area contributed by atoms with Gasteiger partial charge in [-0.2, -0.15) is 0 Å². The minimum absolute atomic E-state index is 0.000215. The number of hydrogen-bond acceptors (Lipinski definition) is 5. The maximum atomic E-state index is 13.9. The van der Waals surface area contributed by atoms with Crippen LogP contribution in [0.5, 0.6) is 0 Å². The van der Waals surface area contributed by atoms with Gasteiger partial charge in [-0.05, 0) is 55.9 Å². The maximum Gasteiger partial charge on any atom is 0.337 e. The molecule has 200 valence electrons. The molecule has 1 saturated heterocycles. The number of carbonyl (C=O) groups excluding carboxylic acids is 3. The van der Waals surface area contributed by atoms with Crippen molar-refractivity contribution in [3.8, 4) is 11.4 Å². The number of aromatic nitrogens is 2. The van der Waals surface area contributed by atoms with Crippen LogP contribution >= 0.6 is 0 Å². The summed E-state index contributed by atoms with van der Waals surface area (Å²) in [6.45, 7) is 2.03. The van der Waals surface area contributed by atoms with E-state index in [-0.39, 0.29) is 23.7 Å². The molecule has 2 heterocycles. The second-order valence-corrected chi connectivity index (χ2v) is 10.3. The highest BCUT2D eigenvalue weighted by molar-refractivity contribution is 5.91. The number of amides is 2. The SMILES string of the molecule is COC(=O)c1ccc(-c2nc3ccccc3n2C(C(=O)NCCCN2CCCC2=O)C2CCCCC2)cc1. The number of imidazole rings is 1. The van der Waals surface area contributed by atoms with Crippen molar-refractivity contribution in [1.82, 2.24) is 19.8 Å². The lowest BCUT2D eigenvalue weighted by Crippen LogP contribution is -2.39. The van der Waals surface area contributed by atoms with Crippen LogP contribution in [-0.2, 0) is 14.3 Å². The molecular formula is C30H36N4O4. The number of likely N-dealkylation sites (tertiary alicyclic amines) is 1. The zero-order chi connectivity index (χ0) is 26.5. The average molecular weight is 517 g/mol. The van der Waals surface area contributed by atoms with E-state index in [9.17, 15) is 14.4 Å². The summed E-state index contributed by atoms with van der Waals surface area (Å²) < 4.78 is 6.96. The predicted octanol–water partition coefficient (Wildman–Crippen LogP) is 4.74. The molecule has 8 nitrogen and oxygen atoms in total. The number of ether oxygens (including phenoxy) is 1. The number of nitrogens with one attached hydrogen (secondary N) is 1. The number of benzene rings is 2. The molecule has 2 amide bonds. The number of hydrogen-bond donors (Lipinski definition) is 1. The summed E-state index contributed by atoms with van der Waals surface area (Å²) in [5.41, 5.74) is 3.07. The first-order chi connectivity index (χ1) is 18.6. The quantitative estimate of drug-likeness (QED) is 0.328. The van der Waals surface area contributed by atoms with Crippen LogP contribution in [-0.4, -0.2) is 59.0 Å². The first kappa shape index (κ1) is 25.9. The Morgan fingerprint density at radius 2 is 1.82 bits per heavy atom. The van der Waals surface area contributed by atoms with Gasteiger partial charge < -0.3 is 19.5 Å². The van der Waals surface area contributed by atoms with Gasteiger partial charge in [-0.15, -0.1) is 0 Å². The fraction of sp³-hybridized carbons (Fsp3) is 0.467. The molecule has 0 spiro atoms. The van der Waals surface area contributed by atoms with Crippen LogP contribution in [0.1, 0.15) is 67.8 Å². The third kappa shape index (κ3) is 5.44. The third-order valence-corrected chi connectivity index (χ3v) is 7.88. The summed E-state index contributed by atoms with van der Waals surface area (Å²) in [4.78, 5) is 44.7. The topological polar surface area (TPSA) is 93.5 Å². The van der Waals surface area contributed by atoms with E-state index in [1.807, 2.05) is 41.3 Å². The lowest BCUT2D eigenvalue weighted by atomic mass is 9.83. The van der Waals surface area contributed by atoms with Gasteiger partial charge in [-0.3, -0.25) is 9.59 Å². The number of esters is 1. The fourth-order valence-corrected chi connectivity index (χ4v) is 5.92. The molecule has 0 bridgehead atoms. The monoisotopic (exact) mass is 516 g/mol. The van der Waals surface area contributed by atoms with Crippen molar-refractivity contribution in [2.24, 2.45) is 5.92 Å². The lowest BCUT2D eigenvalue weighted by Gasteiger charge is -2.32. The second-order valence-electron chi connectivity index (χ2n) is 10.3. The van der Waals surface area contributed by atoms with Crippen LogP contribution in [0.15, 0.2) is 48.5 Å². The van der Waals surface area contributed by atoms with Gasteiger partial charge in [0.2, 0.25) is 11.8 Å². The summed E-state index contributed by atoms with van der Waals surface area (Å²) in [5, 5.41) is 3.20. The molecule has 1 aliphatic carbocycles. The largest absolute Gasteiger partial charge is 0.465 e. The van der Waals surface area contributed by atoms with E-state index in [1.165, 1.54) is 13.5 Å². The molecule has 38 heavy (non-hydrogen) atoms. The lowest BCUT2D eigenvalue weighted by molar-refractivity contribution is -0.127. The Bertz CT molecular complexity index is 1290. The second kappa shape index (κ2) is 11.8. The molecule has 2 aliphatic rings. The molecule has 2 fully saturated rings. The number of fused-ring (bicyclic) bond motifs is 1. The Hall–Kier alpha value is -3.68. The van der Waals surface area contributed by atoms with Crippen LogP contribution in [0, 0.1) is 5.92 Å². The highest BCUT2D eigenvalue weighted by atomic mass is 16.5. The zero-order valence-corrected chi connectivity index (χ0v) is 22.0. The van der Waals surface area contributed by atoms with E-state index in [4.69, 9.17) is 9.72 Å². The number of nitrogens with zero attached hydrogens (tertiary/aromatic N) is 3. The van der Waals surface area contributed by atoms with Crippen molar-refractivity contribution >= 4 is 28.8 Å². The Balaban J connectivity index is 1.46.